The molecule has 5 heteroatoms. The molecule has 20 heavy (non-hydrogen) atoms. The highest BCUT2D eigenvalue weighted by atomic mass is 35.5. The van der Waals surface area contributed by atoms with Crippen LogP contribution in [-0.2, 0) is 4.79 Å². The van der Waals surface area contributed by atoms with Crippen LogP contribution in [0.4, 0.5) is 10.1 Å². The average Bonchev–Trinajstić information content (AvgIpc) is 2.46. The lowest BCUT2D eigenvalue weighted by atomic mass is 9.88. The van der Waals surface area contributed by atoms with E-state index in [2.05, 4.69) is 0 Å². The Morgan fingerprint density at radius 1 is 1.05 bits per heavy atom. The monoisotopic (exact) mass is 290 g/mol. The molecule has 2 atom stereocenters. The third-order valence-electron chi connectivity index (χ3n) is 3.46. The quantitative estimate of drug-likeness (QED) is 0.865. The van der Waals surface area contributed by atoms with E-state index in [1.165, 1.54) is 12.1 Å². The molecule has 0 saturated carbocycles. The number of β-lactam (4-membered cyclic amide) rings is 1. The van der Waals surface area contributed by atoms with E-state index in [0.717, 1.165) is 5.56 Å². The van der Waals surface area contributed by atoms with Crippen molar-refractivity contribution in [1.82, 2.24) is 0 Å². The fourth-order valence-electron chi connectivity index (χ4n) is 2.42. The molecule has 0 aliphatic carbocycles. The van der Waals surface area contributed by atoms with E-state index in [1.54, 1.807) is 29.2 Å². The minimum absolute atomic E-state index is 0.170. The van der Waals surface area contributed by atoms with Crippen LogP contribution in [0.5, 0.6) is 0 Å². The number of carbonyl (C=O) groups excluding carboxylic acids is 1. The zero-order chi connectivity index (χ0) is 14.3. The summed E-state index contributed by atoms with van der Waals surface area (Å²) in [6.07, 6.45) is 0. The summed E-state index contributed by atoms with van der Waals surface area (Å²) in [4.78, 5) is 13.6. The molecule has 1 fully saturated rings. The number of halogens is 2. The fraction of sp³-hybridized carbons (Fsp3) is 0.133. The number of nitrogens with zero attached hydrogens (tertiary/aromatic N) is 1. The van der Waals surface area contributed by atoms with Crippen molar-refractivity contribution in [1.29, 1.82) is 0 Å². The first-order valence-electron chi connectivity index (χ1n) is 6.17. The van der Waals surface area contributed by atoms with Gasteiger partial charge in [0.15, 0.2) is 0 Å². The first kappa shape index (κ1) is 13.1. The van der Waals surface area contributed by atoms with Gasteiger partial charge in [-0.15, -0.1) is 0 Å². The summed E-state index contributed by atoms with van der Waals surface area (Å²) in [5.74, 6) is -0.509. The molecular formula is C15H12ClFN2O. The lowest BCUT2D eigenvalue weighted by molar-refractivity contribution is -0.126. The van der Waals surface area contributed by atoms with Crippen molar-refractivity contribution in [2.45, 2.75) is 12.1 Å². The highest BCUT2D eigenvalue weighted by molar-refractivity contribution is 6.30. The third-order valence-corrected chi connectivity index (χ3v) is 3.71. The molecular weight excluding hydrogens is 279 g/mol. The van der Waals surface area contributed by atoms with E-state index in [4.69, 9.17) is 17.3 Å². The molecule has 2 aromatic carbocycles. The van der Waals surface area contributed by atoms with Crippen LogP contribution in [0, 0.1) is 5.82 Å². The van der Waals surface area contributed by atoms with E-state index in [-0.39, 0.29) is 17.8 Å². The van der Waals surface area contributed by atoms with E-state index in [9.17, 15) is 9.18 Å². The molecule has 0 bridgehead atoms. The van der Waals surface area contributed by atoms with Crippen LogP contribution < -0.4 is 10.6 Å². The Hall–Kier alpha value is -1.91. The first-order chi connectivity index (χ1) is 9.58. The molecule has 1 amide bonds. The summed E-state index contributed by atoms with van der Waals surface area (Å²) in [6.45, 7) is 0. The lowest BCUT2D eigenvalue weighted by Crippen LogP contribution is -2.63. The van der Waals surface area contributed by atoms with Crippen molar-refractivity contribution in [3.63, 3.8) is 0 Å². The summed E-state index contributed by atoms with van der Waals surface area (Å²) in [7, 11) is 0. The number of hydrogen-bond donors (Lipinski definition) is 1. The molecule has 0 unspecified atom stereocenters. The molecule has 1 saturated heterocycles. The fourth-order valence-corrected chi connectivity index (χ4v) is 2.54. The second-order valence-corrected chi connectivity index (χ2v) is 5.14. The maximum Gasteiger partial charge on any atom is 0.247 e. The first-order valence-corrected chi connectivity index (χ1v) is 6.55. The summed E-state index contributed by atoms with van der Waals surface area (Å²) < 4.78 is 13.0. The number of rotatable bonds is 2. The van der Waals surface area contributed by atoms with Gasteiger partial charge in [0.25, 0.3) is 0 Å². The van der Waals surface area contributed by atoms with E-state index in [0.29, 0.717) is 10.7 Å². The van der Waals surface area contributed by atoms with Gasteiger partial charge in [0, 0.05) is 10.7 Å². The average molecular weight is 291 g/mol. The Morgan fingerprint density at radius 2 is 1.65 bits per heavy atom. The van der Waals surface area contributed by atoms with Crippen molar-refractivity contribution in [3.05, 3.63) is 64.9 Å². The zero-order valence-corrected chi connectivity index (χ0v) is 11.2. The number of carbonyl (C=O) groups is 1. The van der Waals surface area contributed by atoms with Crippen molar-refractivity contribution in [3.8, 4) is 0 Å². The van der Waals surface area contributed by atoms with Crippen molar-refractivity contribution >= 4 is 23.2 Å². The Morgan fingerprint density at radius 3 is 2.25 bits per heavy atom. The van der Waals surface area contributed by atoms with Crippen LogP contribution >= 0.6 is 11.6 Å². The predicted octanol–water partition coefficient (Wildman–Crippen LogP) is 2.89. The molecule has 3 nitrogen and oxygen atoms in total. The Balaban J connectivity index is 1.95. The zero-order valence-electron chi connectivity index (χ0n) is 10.5. The SMILES string of the molecule is N[C@@H]1C(=O)N(c2ccc(F)cc2)[C@@H]1c1ccc(Cl)cc1. The van der Waals surface area contributed by atoms with Crippen molar-refractivity contribution in [2.24, 2.45) is 5.73 Å². The standard InChI is InChI=1S/C15H12ClFN2O/c16-10-3-1-9(2-4-10)14-13(18)15(20)19(14)12-7-5-11(17)6-8-12/h1-8,13-14H,18H2/t13-,14+/m0/s1. The van der Waals surface area contributed by atoms with Crippen LogP contribution in [0.15, 0.2) is 48.5 Å². The summed E-state index contributed by atoms with van der Waals surface area (Å²) in [5, 5.41) is 0.626. The number of anilines is 1. The Kier molecular flexibility index (Phi) is 3.20. The molecule has 0 radical (unpaired) electrons. The molecule has 3 rings (SSSR count). The molecule has 1 aliphatic rings. The Labute approximate surface area is 120 Å². The maximum atomic E-state index is 13.0. The van der Waals surface area contributed by atoms with Gasteiger partial charge in [-0.3, -0.25) is 4.79 Å². The third kappa shape index (κ3) is 2.07. The van der Waals surface area contributed by atoms with Gasteiger partial charge >= 0.3 is 0 Å². The number of amides is 1. The number of hydrogen-bond acceptors (Lipinski definition) is 2. The minimum atomic E-state index is -0.582. The highest BCUT2D eigenvalue weighted by Crippen LogP contribution is 2.38. The molecule has 0 aromatic heterocycles. The van der Waals surface area contributed by atoms with Gasteiger partial charge in [-0.05, 0) is 42.0 Å². The molecule has 2 aromatic rings. The van der Waals surface area contributed by atoms with Crippen molar-refractivity contribution in [2.75, 3.05) is 4.90 Å². The van der Waals surface area contributed by atoms with Gasteiger partial charge in [-0.25, -0.2) is 4.39 Å². The summed E-state index contributed by atoms with van der Waals surface area (Å²) in [5.41, 5.74) is 7.44. The molecule has 1 heterocycles. The van der Waals surface area contributed by atoms with Gasteiger partial charge < -0.3 is 10.6 Å². The van der Waals surface area contributed by atoms with Gasteiger partial charge in [-0.1, -0.05) is 23.7 Å². The van der Waals surface area contributed by atoms with Gasteiger partial charge in [-0.2, -0.15) is 0 Å². The Bertz CT molecular complexity index is 642. The molecule has 2 N–H and O–H groups in total. The number of benzene rings is 2. The lowest BCUT2D eigenvalue weighted by Gasteiger charge is -2.45. The van der Waals surface area contributed by atoms with Crippen LogP contribution in [0.3, 0.4) is 0 Å². The van der Waals surface area contributed by atoms with Crippen molar-refractivity contribution < 1.29 is 9.18 Å². The van der Waals surface area contributed by atoms with Crippen LogP contribution in [0.1, 0.15) is 11.6 Å². The number of nitrogens with two attached hydrogens (primary N) is 1. The summed E-state index contributed by atoms with van der Waals surface area (Å²) in [6, 6.07) is 12.2. The van der Waals surface area contributed by atoms with Gasteiger partial charge in [0.2, 0.25) is 5.91 Å². The topological polar surface area (TPSA) is 46.3 Å². The molecule has 1 aliphatic heterocycles. The van der Waals surface area contributed by atoms with E-state index < -0.39 is 6.04 Å². The largest absolute Gasteiger partial charge is 0.318 e. The minimum Gasteiger partial charge on any atom is -0.318 e. The van der Waals surface area contributed by atoms with Crippen LogP contribution in [0.2, 0.25) is 5.02 Å². The molecule has 0 spiro atoms. The van der Waals surface area contributed by atoms with Crippen LogP contribution in [-0.4, -0.2) is 11.9 Å². The van der Waals surface area contributed by atoms with Gasteiger partial charge in [0.05, 0.1) is 6.04 Å². The van der Waals surface area contributed by atoms with Crippen LogP contribution in [0.25, 0.3) is 0 Å². The second-order valence-electron chi connectivity index (χ2n) is 4.71. The van der Waals surface area contributed by atoms with E-state index >= 15 is 0 Å². The predicted molar refractivity (Wildman–Crippen MR) is 76.1 cm³/mol. The second kappa shape index (κ2) is 4.89. The van der Waals surface area contributed by atoms with Gasteiger partial charge in [0.1, 0.15) is 11.9 Å². The molecule has 102 valence electrons. The normalized spacial score (nSPS) is 21.8. The highest BCUT2D eigenvalue weighted by Gasteiger charge is 2.46. The van der Waals surface area contributed by atoms with E-state index in [1.807, 2.05) is 12.1 Å². The summed E-state index contributed by atoms with van der Waals surface area (Å²) >= 11 is 5.86. The smallest absolute Gasteiger partial charge is 0.247 e. The maximum absolute atomic E-state index is 13.0.